The Bertz CT molecular complexity index is 430. The standard InChI is InChI=1S/C9H9N3O3S/c10-8(16)5-9(13)11-6-1-3-7(4-2-6)12(14)15/h1-4H,5H2,(H2,10,16)(H,11,13). The number of nitrogens with zero attached hydrogens (tertiary/aromatic N) is 1. The van der Waals surface area contributed by atoms with Gasteiger partial charge >= 0.3 is 0 Å². The van der Waals surface area contributed by atoms with Gasteiger partial charge in [-0.15, -0.1) is 0 Å². The maximum Gasteiger partial charge on any atom is 0.269 e. The number of thiocarbonyl (C=S) groups is 1. The van der Waals surface area contributed by atoms with E-state index in [0.717, 1.165) is 0 Å². The molecule has 0 aromatic heterocycles. The maximum atomic E-state index is 11.2. The van der Waals surface area contributed by atoms with Crippen LogP contribution in [0.3, 0.4) is 0 Å². The summed E-state index contributed by atoms with van der Waals surface area (Å²) in [6, 6.07) is 5.48. The number of nitrogens with one attached hydrogen (secondary N) is 1. The summed E-state index contributed by atoms with van der Waals surface area (Å²) in [6.45, 7) is 0. The van der Waals surface area contributed by atoms with Gasteiger partial charge in [0.15, 0.2) is 0 Å². The third-order valence-electron chi connectivity index (χ3n) is 1.70. The maximum absolute atomic E-state index is 11.2. The Hall–Kier alpha value is -2.02. The number of carbonyl (C=O) groups is 1. The number of hydrogen-bond donors (Lipinski definition) is 2. The molecule has 6 nitrogen and oxygen atoms in total. The zero-order valence-corrected chi connectivity index (χ0v) is 8.99. The highest BCUT2D eigenvalue weighted by Crippen LogP contribution is 2.15. The molecule has 0 atom stereocenters. The van der Waals surface area contributed by atoms with Gasteiger partial charge in [0.2, 0.25) is 5.91 Å². The molecule has 84 valence electrons. The normalized spacial score (nSPS) is 9.50. The number of amides is 1. The molecule has 16 heavy (non-hydrogen) atoms. The van der Waals surface area contributed by atoms with Crippen LogP contribution in [0.4, 0.5) is 11.4 Å². The minimum Gasteiger partial charge on any atom is -0.393 e. The Morgan fingerprint density at radius 3 is 2.44 bits per heavy atom. The minimum atomic E-state index is -0.513. The van der Waals surface area contributed by atoms with Crippen LogP contribution in [0.5, 0.6) is 0 Å². The van der Waals surface area contributed by atoms with Crippen LogP contribution in [-0.4, -0.2) is 15.8 Å². The van der Waals surface area contributed by atoms with E-state index in [1.807, 2.05) is 0 Å². The number of rotatable bonds is 4. The van der Waals surface area contributed by atoms with Crippen LogP contribution in [0.15, 0.2) is 24.3 Å². The second-order valence-electron chi connectivity index (χ2n) is 3.00. The van der Waals surface area contributed by atoms with Crippen molar-refractivity contribution in [2.75, 3.05) is 5.32 Å². The molecular formula is C9H9N3O3S. The van der Waals surface area contributed by atoms with E-state index in [-0.39, 0.29) is 23.0 Å². The molecule has 0 radical (unpaired) electrons. The monoisotopic (exact) mass is 239 g/mol. The van der Waals surface area contributed by atoms with Crippen LogP contribution in [0.25, 0.3) is 0 Å². The molecule has 0 saturated heterocycles. The Morgan fingerprint density at radius 2 is 2.00 bits per heavy atom. The van der Waals surface area contributed by atoms with Gasteiger partial charge in [-0.25, -0.2) is 0 Å². The van der Waals surface area contributed by atoms with Gasteiger partial charge in [0.05, 0.1) is 16.3 Å². The second kappa shape index (κ2) is 5.17. The number of nitro benzene ring substituents is 1. The van der Waals surface area contributed by atoms with Gasteiger partial charge < -0.3 is 11.1 Å². The predicted molar refractivity (Wildman–Crippen MR) is 63.1 cm³/mol. The fraction of sp³-hybridized carbons (Fsp3) is 0.111. The molecule has 0 spiro atoms. The lowest BCUT2D eigenvalue weighted by atomic mass is 10.2. The van der Waals surface area contributed by atoms with Crippen LogP contribution in [0.2, 0.25) is 0 Å². The average molecular weight is 239 g/mol. The molecule has 0 saturated carbocycles. The van der Waals surface area contributed by atoms with E-state index in [9.17, 15) is 14.9 Å². The number of non-ortho nitro benzene ring substituents is 1. The first kappa shape index (κ1) is 12.1. The molecule has 3 N–H and O–H groups in total. The van der Waals surface area contributed by atoms with Gasteiger partial charge in [0.1, 0.15) is 0 Å². The van der Waals surface area contributed by atoms with Crippen LogP contribution in [0, 0.1) is 10.1 Å². The number of nitro groups is 1. The highest BCUT2D eigenvalue weighted by atomic mass is 32.1. The van der Waals surface area contributed by atoms with E-state index < -0.39 is 4.92 Å². The van der Waals surface area contributed by atoms with E-state index in [0.29, 0.717) is 5.69 Å². The molecule has 0 aliphatic carbocycles. The van der Waals surface area contributed by atoms with E-state index in [1.165, 1.54) is 24.3 Å². The Balaban J connectivity index is 2.65. The van der Waals surface area contributed by atoms with Crippen LogP contribution in [-0.2, 0) is 4.79 Å². The van der Waals surface area contributed by atoms with Crippen molar-refractivity contribution >= 4 is 34.5 Å². The molecule has 0 fully saturated rings. The van der Waals surface area contributed by atoms with Crippen LogP contribution in [0.1, 0.15) is 6.42 Å². The van der Waals surface area contributed by atoms with Crippen molar-refractivity contribution in [3.8, 4) is 0 Å². The number of nitrogens with two attached hydrogens (primary N) is 1. The number of hydrogen-bond acceptors (Lipinski definition) is 4. The summed E-state index contributed by atoms with van der Waals surface area (Å²) < 4.78 is 0. The smallest absolute Gasteiger partial charge is 0.269 e. The zero-order chi connectivity index (χ0) is 12.1. The fourth-order valence-electron chi connectivity index (χ4n) is 1.03. The molecule has 0 unspecified atom stereocenters. The Morgan fingerprint density at radius 1 is 1.44 bits per heavy atom. The molecule has 0 heterocycles. The van der Waals surface area contributed by atoms with Crippen molar-refractivity contribution in [3.05, 3.63) is 34.4 Å². The zero-order valence-electron chi connectivity index (χ0n) is 8.17. The van der Waals surface area contributed by atoms with Crippen molar-refractivity contribution in [2.45, 2.75) is 6.42 Å². The summed E-state index contributed by atoms with van der Waals surface area (Å²) in [6.07, 6.45) is -0.0493. The first-order chi connectivity index (χ1) is 7.49. The van der Waals surface area contributed by atoms with Crippen molar-refractivity contribution in [1.29, 1.82) is 0 Å². The van der Waals surface area contributed by atoms with E-state index in [2.05, 4.69) is 17.5 Å². The van der Waals surface area contributed by atoms with Crippen molar-refractivity contribution < 1.29 is 9.72 Å². The van der Waals surface area contributed by atoms with Gasteiger partial charge in [0, 0.05) is 17.8 Å². The third kappa shape index (κ3) is 3.62. The van der Waals surface area contributed by atoms with Crippen molar-refractivity contribution in [1.82, 2.24) is 0 Å². The molecule has 0 aliphatic rings. The highest BCUT2D eigenvalue weighted by Gasteiger charge is 2.06. The van der Waals surface area contributed by atoms with E-state index in [1.54, 1.807) is 0 Å². The topological polar surface area (TPSA) is 98.3 Å². The molecule has 1 rings (SSSR count). The van der Waals surface area contributed by atoms with Crippen LogP contribution < -0.4 is 11.1 Å². The van der Waals surface area contributed by atoms with Crippen molar-refractivity contribution in [2.24, 2.45) is 5.73 Å². The lowest BCUT2D eigenvalue weighted by Gasteiger charge is -2.03. The Kier molecular flexibility index (Phi) is 3.90. The van der Waals surface area contributed by atoms with E-state index in [4.69, 9.17) is 5.73 Å². The summed E-state index contributed by atoms with van der Waals surface area (Å²) in [5.41, 5.74) is 5.62. The highest BCUT2D eigenvalue weighted by molar-refractivity contribution is 7.80. The third-order valence-corrected chi connectivity index (χ3v) is 1.84. The largest absolute Gasteiger partial charge is 0.393 e. The fourth-order valence-corrected chi connectivity index (χ4v) is 1.16. The van der Waals surface area contributed by atoms with Gasteiger partial charge in [-0.1, -0.05) is 12.2 Å². The second-order valence-corrected chi connectivity index (χ2v) is 3.52. The number of anilines is 1. The van der Waals surface area contributed by atoms with Crippen molar-refractivity contribution in [3.63, 3.8) is 0 Å². The van der Waals surface area contributed by atoms with E-state index >= 15 is 0 Å². The SMILES string of the molecule is NC(=S)CC(=O)Nc1ccc([N+](=O)[O-])cc1. The predicted octanol–water partition coefficient (Wildman–Crippen LogP) is 1.21. The lowest BCUT2D eigenvalue weighted by molar-refractivity contribution is -0.384. The summed E-state index contributed by atoms with van der Waals surface area (Å²) in [4.78, 5) is 21.2. The van der Waals surface area contributed by atoms with Gasteiger partial charge in [0.25, 0.3) is 5.69 Å². The molecule has 0 aliphatic heterocycles. The Labute approximate surface area is 96.6 Å². The summed E-state index contributed by atoms with van der Waals surface area (Å²) in [7, 11) is 0. The minimum absolute atomic E-state index is 0.0349. The molecule has 1 amide bonds. The lowest BCUT2D eigenvalue weighted by Crippen LogP contribution is -2.20. The molecule has 0 bridgehead atoms. The molecule has 1 aromatic carbocycles. The number of benzene rings is 1. The summed E-state index contributed by atoms with van der Waals surface area (Å²) in [5, 5.41) is 12.9. The number of carbonyl (C=O) groups excluding carboxylic acids is 1. The molecule has 7 heteroatoms. The van der Waals surface area contributed by atoms with Gasteiger partial charge in [-0.05, 0) is 12.1 Å². The average Bonchev–Trinajstić information content (AvgIpc) is 2.16. The molecule has 1 aromatic rings. The van der Waals surface area contributed by atoms with Gasteiger partial charge in [-0.2, -0.15) is 0 Å². The molecular weight excluding hydrogens is 230 g/mol. The quantitative estimate of drug-likeness (QED) is 0.467. The summed E-state index contributed by atoms with van der Waals surface area (Å²) >= 11 is 4.57. The van der Waals surface area contributed by atoms with Crippen LogP contribution >= 0.6 is 12.2 Å². The first-order valence-corrected chi connectivity index (χ1v) is 4.72. The first-order valence-electron chi connectivity index (χ1n) is 4.31. The summed E-state index contributed by atoms with van der Waals surface area (Å²) in [5.74, 6) is -0.346. The van der Waals surface area contributed by atoms with Gasteiger partial charge in [-0.3, -0.25) is 14.9 Å².